The van der Waals surface area contributed by atoms with E-state index in [1.165, 1.54) is 0 Å². The molecule has 0 saturated heterocycles. The summed E-state index contributed by atoms with van der Waals surface area (Å²) in [6, 6.07) is 3.67. The first kappa shape index (κ1) is 12.1. The van der Waals surface area contributed by atoms with E-state index in [0.717, 1.165) is 36.5 Å². The van der Waals surface area contributed by atoms with Gasteiger partial charge in [-0.1, -0.05) is 13.8 Å². The SMILES string of the molecule is CCCN1C(=O)C(CC)Nc2cc3c(cc21)OCO3. The maximum Gasteiger partial charge on any atom is 0.249 e. The van der Waals surface area contributed by atoms with Crippen molar-refractivity contribution in [1.29, 1.82) is 0 Å². The van der Waals surface area contributed by atoms with Crippen LogP contribution in [-0.2, 0) is 4.79 Å². The largest absolute Gasteiger partial charge is 0.454 e. The Hall–Kier alpha value is -1.91. The Balaban J connectivity index is 2.05. The molecule has 0 bridgehead atoms. The fourth-order valence-corrected chi connectivity index (χ4v) is 2.56. The molecule has 1 amide bonds. The van der Waals surface area contributed by atoms with Crippen molar-refractivity contribution >= 4 is 17.3 Å². The van der Waals surface area contributed by atoms with Crippen molar-refractivity contribution in [1.82, 2.24) is 0 Å². The molecule has 19 heavy (non-hydrogen) atoms. The number of fused-ring (bicyclic) bond motifs is 2. The molecule has 2 aliphatic heterocycles. The van der Waals surface area contributed by atoms with Gasteiger partial charge in [0, 0.05) is 18.7 Å². The molecule has 1 unspecified atom stereocenters. The Labute approximate surface area is 112 Å². The van der Waals surface area contributed by atoms with E-state index in [9.17, 15) is 4.79 Å². The number of benzene rings is 1. The number of nitrogens with zero attached hydrogens (tertiary/aromatic N) is 1. The third kappa shape index (κ3) is 1.89. The zero-order chi connectivity index (χ0) is 13.4. The van der Waals surface area contributed by atoms with Crippen molar-refractivity contribution in [2.75, 3.05) is 23.6 Å². The summed E-state index contributed by atoms with van der Waals surface area (Å²) in [5.41, 5.74) is 1.84. The topological polar surface area (TPSA) is 50.8 Å². The monoisotopic (exact) mass is 262 g/mol. The summed E-state index contributed by atoms with van der Waals surface area (Å²) in [5, 5.41) is 3.29. The van der Waals surface area contributed by atoms with E-state index in [1.807, 2.05) is 24.0 Å². The minimum atomic E-state index is -0.153. The van der Waals surface area contributed by atoms with Crippen LogP contribution < -0.4 is 19.7 Å². The summed E-state index contributed by atoms with van der Waals surface area (Å²) in [7, 11) is 0. The molecule has 0 aromatic heterocycles. The van der Waals surface area contributed by atoms with E-state index in [4.69, 9.17) is 9.47 Å². The first-order valence-corrected chi connectivity index (χ1v) is 6.76. The van der Waals surface area contributed by atoms with Crippen LogP contribution in [0.4, 0.5) is 11.4 Å². The molecule has 2 heterocycles. The number of rotatable bonds is 3. The van der Waals surface area contributed by atoms with Crippen LogP contribution in [0.1, 0.15) is 26.7 Å². The lowest BCUT2D eigenvalue weighted by Gasteiger charge is -2.35. The Morgan fingerprint density at radius 3 is 2.74 bits per heavy atom. The molecule has 0 fully saturated rings. The number of hydrogen-bond donors (Lipinski definition) is 1. The van der Waals surface area contributed by atoms with Gasteiger partial charge in [0.2, 0.25) is 12.7 Å². The van der Waals surface area contributed by atoms with Crippen LogP contribution in [0.5, 0.6) is 11.5 Å². The number of carbonyl (C=O) groups excluding carboxylic acids is 1. The molecule has 102 valence electrons. The molecule has 5 heteroatoms. The van der Waals surface area contributed by atoms with Crippen LogP contribution in [0.25, 0.3) is 0 Å². The van der Waals surface area contributed by atoms with Gasteiger partial charge in [-0.15, -0.1) is 0 Å². The second kappa shape index (κ2) is 4.64. The van der Waals surface area contributed by atoms with Crippen LogP contribution in [0, 0.1) is 0 Å². The molecule has 0 aliphatic carbocycles. The zero-order valence-electron chi connectivity index (χ0n) is 11.2. The van der Waals surface area contributed by atoms with E-state index >= 15 is 0 Å². The molecule has 0 saturated carbocycles. The highest BCUT2D eigenvalue weighted by molar-refractivity contribution is 6.05. The molecular formula is C14H18N2O3. The fourth-order valence-electron chi connectivity index (χ4n) is 2.56. The standard InChI is InChI=1S/C14H18N2O3/c1-3-5-16-11-7-13-12(18-8-19-13)6-10(11)15-9(4-2)14(16)17/h6-7,9,15H,3-5,8H2,1-2H3. The lowest BCUT2D eigenvalue weighted by molar-refractivity contribution is -0.119. The van der Waals surface area contributed by atoms with Gasteiger partial charge in [-0.25, -0.2) is 0 Å². The number of amides is 1. The Bertz CT molecular complexity index is 516. The fraction of sp³-hybridized carbons (Fsp3) is 0.500. The van der Waals surface area contributed by atoms with Gasteiger partial charge in [-0.3, -0.25) is 4.79 Å². The molecule has 1 N–H and O–H groups in total. The third-order valence-electron chi connectivity index (χ3n) is 3.53. The minimum Gasteiger partial charge on any atom is -0.454 e. The lowest BCUT2D eigenvalue weighted by atomic mass is 10.1. The highest BCUT2D eigenvalue weighted by atomic mass is 16.7. The molecule has 5 nitrogen and oxygen atoms in total. The molecule has 1 aromatic rings. The van der Waals surface area contributed by atoms with E-state index in [-0.39, 0.29) is 18.7 Å². The number of carbonyl (C=O) groups is 1. The van der Waals surface area contributed by atoms with Crippen molar-refractivity contribution in [3.8, 4) is 11.5 Å². The summed E-state index contributed by atoms with van der Waals surface area (Å²) in [4.78, 5) is 14.2. The number of hydrogen-bond acceptors (Lipinski definition) is 4. The van der Waals surface area contributed by atoms with Crippen molar-refractivity contribution < 1.29 is 14.3 Å². The Kier molecular flexibility index (Phi) is 2.97. The van der Waals surface area contributed by atoms with E-state index < -0.39 is 0 Å². The molecule has 1 aromatic carbocycles. The number of anilines is 2. The average Bonchev–Trinajstić information content (AvgIpc) is 2.87. The third-order valence-corrected chi connectivity index (χ3v) is 3.53. The first-order chi connectivity index (χ1) is 9.24. The van der Waals surface area contributed by atoms with Crippen LogP contribution in [0.15, 0.2) is 12.1 Å². The lowest BCUT2D eigenvalue weighted by Crippen LogP contribution is -2.47. The van der Waals surface area contributed by atoms with Crippen LogP contribution in [0.3, 0.4) is 0 Å². The summed E-state index contributed by atoms with van der Waals surface area (Å²) < 4.78 is 10.8. The minimum absolute atomic E-state index is 0.135. The maximum absolute atomic E-state index is 12.4. The van der Waals surface area contributed by atoms with Gasteiger partial charge in [0.05, 0.1) is 11.4 Å². The van der Waals surface area contributed by atoms with Crippen LogP contribution in [-0.4, -0.2) is 25.3 Å². The van der Waals surface area contributed by atoms with Crippen molar-refractivity contribution in [2.45, 2.75) is 32.7 Å². The molecule has 0 radical (unpaired) electrons. The Morgan fingerprint density at radius 2 is 2.05 bits per heavy atom. The Morgan fingerprint density at radius 1 is 1.32 bits per heavy atom. The predicted octanol–water partition coefficient (Wildman–Crippen LogP) is 2.36. The summed E-state index contributed by atoms with van der Waals surface area (Å²) in [6.45, 7) is 5.06. The van der Waals surface area contributed by atoms with Gasteiger partial charge < -0.3 is 19.7 Å². The highest BCUT2D eigenvalue weighted by Gasteiger charge is 2.32. The average molecular weight is 262 g/mol. The quantitative estimate of drug-likeness (QED) is 0.908. The molecule has 3 rings (SSSR count). The first-order valence-electron chi connectivity index (χ1n) is 6.76. The summed E-state index contributed by atoms with van der Waals surface area (Å²) in [5.74, 6) is 1.59. The van der Waals surface area contributed by atoms with Gasteiger partial charge in [0.15, 0.2) is 11.5 Å². The van der Waals surface area contributed by atoms with Crippen LogP contribution in [0.2, 0.25) is 0 Å². The second-order valence-corrected chi connectivity index (χ2v) is 4.82. The van der Waals surface area contributed by atoms with Crippen molar-refractivity contribution in [2.24, 2.45) is 0 Å². The summed E-state index contributed by atoms with van der Waals surface area (Å²) in [6.07, 6.45) is 1.70. The summed E-state index contributed by atoms with van der Waals surface area (Å²) >= 11 is 0. The predicted molar refractivity (Wildman–Crippen MR) is 72.9 cm³/mol. The smallest absolute Gasteiger partial charge is 0.249 e. The molecular weight excluding hydrogens is 244 g/mol. The molecule has 0 spiro atoms. The zero-order valence-corrected chi connectivity index (χ0v) is 11.2. The van der Waals surface area contributed by atoms with E-state index in [0.29, 0.717) is 5.75 Å². The van der Waals surface area contributed by atoms with Gasteiger partial charge in [0.1, 0.15) is 6.04 Å². The van der Waals surface area contributed by atoms with E-state index in [1.54, 1.807) is 0 Å². The second-order valence-electron chi connectivity index (χ2n) is 4.82. The number of nitrogens with one attached hydrogen (secondary N) is 1. The van der Waals surface area contributed by atoms with Gasteiger partial charge in [-0.05, 0) is 12.8 Å². The van der Waals surface area contributed by atoms with Crippen molar-refractivity contribution in [3.05, 3.63) is 12.1 Å². The van der Waals surface area contributed by atoms with E-state index in [2.05, 4.69) is 12.2 Å². The van der Waals surface area contributed by atoms with Gasteiger partial charge in [0.25, 0.3) is 0 Å². The van der Waals surface area contributed by atoms with Crippen molar-refractivity contribution in [3.63, 3.8) is 0 Å². The van der Waals surface area contributed by atoms with Gasteiger partial charge >= 0.3 is 0 Å². The molecule has 1 atom stereocenters. The normalized spacial score (nSPS) is 20.2. The maximum atomic E-state index is 12.4. The van der Waals surface area contributed by atoms with Gasteiger partial charge in [-0.2, -0.15) is 0 Å². The number of ether oxygens (including phenoxy) is 2. The highest BCUT2D eigenvalue weighted by Crippen LogP contribution is 2.43. The van der Waals surface area contributed by atoms with Crippen LogP contribution >= 0.6 is 0 Å². The molecule has 2 aliphatic rings.